The number of carbonyl (C=O) groups is 4. The highest BCUT2D eigenvalue weighted by molar-refractivity contribution is 6.15. The Labute approximate surface area is 373 Å². The normalized spacial score (nSPS) is 11.8. The van der Waals surface area contributed by atoms with E-state index in [2.05, 4.69) is 21.9 Å². The maximum atomic E-state index is 14.2. The first-order chi connectivity index (χ1) is 30.3. The Bertz CT molecular complexity index is 2330. The van der Waals surface area contributed by atoms with E-state index < -0.39 is 17.8 Å². The summed E-state index contributed by atoms with van der Waals surface area (Å²) in [6.45, 7) is 12.2. The highest BCUT2D eigenvalue weighted by Crippen LogP contribution is 2.42. The van der Waals surface area contributed by atoms with Crippen LogP contribution in [0.15, 0.2) is 73.1 Å². The van der Waals surface area contributed by atoms with E-state index >= 15 is 0 Å². The van der Waals surface area contributed by atoms with Crippen LogP contribution < -0.4 is 19.7 Å². The number of halogens is 1. The molecule has 3 aromatic carbocycles. The van der Waals surface area contributed by atoms with Crippen LogP contribution in [0.1, 0.15) is 66.6 Å². The van der Waals surface area contributed by atoms with E-state index in [1.807, 2.05) is 39.0 Å². The van der Waals surface area contributed by atoms with Crippen molar-refractivity contribution in [3.63, 3.8) is 0 Å². The number of rotatable bonds is 15. The van der Waals surface area contributed by atoms with Crippen molar-refractivity contribution in [2.45, 2.75) is 53.6 Å². The van der Waals surface area contributed by atoms with Gasteiger partial charge in [0, 0.05) is 76.1 Å². The van der Waals surface area contributed by atoms with Crippen molar-refractivity contribution in [2.75, 3.05) is 83.5 Å². The van der Waals surface area contributed by atoms with E-state index in [0.717, 1.165) is 16.5 Å². The van der Waals surface area contributed by atoms with Gasteiger partial charge in [-0.15, -0.1) is 11.6 Å². The number of nitrogens with one attached hydrogen (secondary N) is 1. The van der Waals surface area contributed by atoms with Crippen molar-refractivity contribution in [1.82, 2.24) is 19.2 Å². The van der Waals surface area contributed by atoms with Gasteiger partial charge in [-0.1, -0.05) is 32.0 Å². The summed E-state index contributed by atoms with van der Waals surface area (Å²) in [7, 11) is 3.11. The standard InChI is InChI=1S/C43H50N6O10.C2H6.CH3Cl/c1-28-8-7-9-33-36(58-42(54)47(20-22-56-23-21-50)19-18-46(5)41(53)59-43(2,3)4)24-35-32(38(28)33)16-17-49(35)40(52)34-26-48-25-30(12-15-37(48)45-34)44-39(51)29-10-13-31(14-11-29)57-27-55-6;2*1-2/h7-15,24-26,50H,16-23,27H2,1-6H3,(H,44,51);1-2H3;1H3. The fraction of sp³-hybridized carbons (Fsp3) is 0.413. The van der Waals surface area contributed by atoms with Gasteiger partial charge in [0.05, 0.1) is 31.2 Å². The number of aryl methyl sites for hydroxylation is 1. The number of nitrogens with zero attached hydrogens (tertiary/aromatic N) is 5. The number of ether oxygens (including phenoxy) is 5. The van der Waals surface area contributed by atoms with Crippen molar-refractivity contribution in [3.05, 3.63) is 95.4 Å². The van der Waals surface area contributed by atoms with Gasteiger partial charge in [0.1, 0.15) is 28.4 Å². The van der Waals surface area contributed by atoms with Gasteiger partial charge in [0.2, 0.25) is 0 Å². The summed E-state index contributed by atoms with van der Waals surface area (Å²) < 4.78 is 29.0. The van der Waals surface area contributed by atoms with Crippen molar-refractivity contribution >= 4 is 63.4 Å². The Balaban J connectivity index is 0.00000212. The fourth-order valence-corrected chi connectivity index (χ4v) is 6.66. The molecule has 17 heteroatoms. The predicted molar refractivity (Wildman–Crippen MR) is 244 cm³/mol. The number of pyridine rings is 1. The van der Waals surface area contributed by atoms with E-state index in [1.165, 1.54) is 23.3 Å². The number of methoxy groups -OCH3 is 1. The van der Waals surface area contributed by atoms with E-state index in [4.69, 9.17) is 23.7 Å². The van der Waals surface area contributed by atoms with Crippen LogP contribution in [0.5, 0.6) is 11.5 Å². The topological polar surface area (TPSA) is 174 Å². The van der Waals surface area contributed by atoms with Crippen LogP contribution in [0.2, 0.25) is 0 Å². The van der Waals surface area contributed by atoms with E-state index in [9.17, 15) is 24.3 Å². The van der Waals surface area contributed by atoms with Crippen molar-refractivity contribution in [3.8, 4) is 11.5 Å². The lowest BCUT2D eigenvalue weighted by Gasteiger charge is -2.28. The number of likely N-dealkylation sites (N-methyl/N-ethyl adjacent to an activating group) is 1. The molecule has 6 rings (SSSR count). The summed E-state index contributed by atoms with van der Waals surface area (Å²) in [5.41, 5.74) is 3.46. The Morgan fingerprint density at radius 1 is 0.937 bits per heavy atom. The van der Waals surface area contributed by atoms with Crippen molar-refractivity contribution in [1.29, 1.82) is 0 Å². The largest absolute Gasteiger partial charge is 0.468 e. The Hall–Kier alpha value is -5.94. The monoisotopic (exact) mass is 890 g/mol. The van der Waals surface area contributed by atoms with E-state index in [-0.39, 0.29) is 69.5 Å². The summed E-state index contributed by atoms with van der Waals surface area (Å²) in [5, 5.41) is 13.7. The molecule has 0 fully saturated rings. The molecule has 3 heterocycles. The molecule has 16 nitrogen and oxygen atoms in total. The van der Waals surface area contributed by atoms with Gasteiger partial charge in [0.15, 0.2) is 6.79 Å². The number of aliphatic hydroxyl groups is 1. The molecule has 2 N–H and O–H groups in total. The number of carbonyl (C=O) groups excluding carboxylic acids is 4. The van der Waals surface area contributed by atoms with Crippen LogP contribution in [-0.4, -0.2) is 127 Å². The summed E-state index contributed by atoms with van der Waals surface area (Å²) in [6.07, 6.45) is 4.14. The molecule has 5 aromatic rings. The minimum atomic E-state index is -0.687. The SMILES string of the molecule is CC.CCl.COCOc1ccc(C(=O)Nc2ccc3nc(C(=O)N4CCc5c4cc(OC(=O)N(CCOCCO)CCN(C)C(=O)OC(C)(C)C)c4cccc(C)c54)cn3c2)cc1. The number of imidazole rings is 1. The average molecular weight is 891 g/mol. The van der Waals surface area contributed by atoms with Gasteiger partial charge >= 0.3 is 12.2 Å². The highest BCUT2D eigenvalue weighted by Gasteiger charge is 2.31. The number of hydrogen-bond donors (Lipinski definition) is 2. The fourth-order valence-electron chi connectivity index (χ4n) is 6.66. The van der Waals surface area contributed by atoms with Crippen LogP contribution >= 0.6 is 11.6 Å². The maximum Gasteiger partial charge on any atom is 0.415 e. The number of hydrogen-bond acceptors (Lipinski definition) is 11. The molecule has 0 atom stereocenters. The lowest BCUT2D eigenvalue weighted by atomic mass is 9.97. The van der Waals surface area contributed by atoms with Crippen LogP contribution in [0.25, 0.3) is 16.4 Å². The molecule has 63 heavy (non-hydrogen) atoms. The number of anilines is 2. The summed E-state index contributed by atoms with van der Waals surface area (Å²) in [6, 6.07) is 17.5. The third-order valence-corrected chi connectivity index (χ3v) is 9.53. The molecule has 1 aliphatic rings. The molecule has 0 radical (unpaired) electrons. The highest BCUT2D eigenvalue weighted by atomic mass is 35.5. The van der Waals surface area contributed by atoms with Gasteiger partial charge < -0.3 is 53.2 Å². The Morgan fingerprint density at radius 3 is 2.35 bits per heavy atom. The molecule has 4 amide bonds. The van der Waals surface area contributed by atoms with E-state index in [0.29, 0.717) is 46.7 Å². The third kappa shape index (κ3) is 13.0. The number of alkyl halides is 1. The Kier molecular flexibility index (Phi) is 18.5. The van der Waals surface area contributed by atoms with Gasteiger partial charge in [0.25, 0.3) is 11.8 Å². The van der Waals surface area contributed by atoms with Crippen LogP contribution in [0, 0.1) is 6.92 Å². The zero-order valence-corrected chi connectivity index (χ0v) is 38.3. The first-order valence-electron chi connectivity index (χ1n) is 20.6. The van der Waals surface area contributed by atoms with Gasteiger partial charge in [-0.3, -0.25) is 9.59 Å². The van der Waals surface area contributed by atoms with E-state index in [1.54, 1.807) is 92.0 Å². The number of benzene rings is 3. The number of aromatic nitrogens is 2. The van der Waals surface area contributed by atoms with Crippen LogP contribution in [0.3, 0.4) is 0 Å². The zero-order chi connectivity index (χ0) is 46.3. The smallest absolute Gasteiger partial charge is 0.415 e. The quantitative estimate of drug-likeness (QED) is 0.0597. The van der Waals surface area contributed by atoms with Crippen molar-refractivity contribution < 1.29 is 48.0 Å². The minimum absolute atomic E-state index is 0.0979. The second-order valence-electron chi connectivity index (χ2n) is 15.0. The lowest BCUT2D eigenvalue weighted by molar-refractivity contribution is 0.0273. The molecule has 0 saturated heterocycles. The minimum Gasteiger partial charge on any atom is -0.468 e. The molecule has 0 saturated carbocycles. The lowest BCUT2D eigenvalue weighted by Crippen LogP contribution is -2.43. The molecule has 1 aliphatic heterocycles. The molecule has 2 aromatic heterocycles. The maximum absolute atomic E-state index is 14.2. The zero-order valence-electron chi connectivity index (χ0n) is 37.5. The first-order valence-corrected chi connectivity index (χ1v) is 21.4. The van der Waals surface area contributed by atoms with Crippen LogP contribution in [-0.2, 0) is 20.6 Å². The van der Waals surface area contributed by atoms with Gasteiger partial charge in [-0.25, -0.2) is 14.6 Å². The Morgan fingerprint density at radius 2 is 1.67 bits per heavy atom. The number of fused-ring (bicyclic) bond motifs is 4. The molecule has 0 spiro atoms. The first kappa shape index (κ1) is 49.7. The second-order valence-corrected chi connectivity index (χ2v) is 15.0. The molecule has 340 valence electrons. The summed E-state index contributed by atoms with van der Waals surface area (Å²) >= 11 is 4.64. The molecule has 0 unspecified atom stereocenters. The second kappa shape index (κ2) is 23.5. The van der Waals surface area contributed by atoms with Crippen molar-refractivity contribution in [2.24, 2.45) is 0 Å². The predicted octanol–water partition coefficient (Wildman–Crippen LogP) is 7.79. The average Bonchev–Trinajstić information content (AvgIpc) is 3.90. The molecular weight excluding hydrogens is 832 g/mol. The van der Waals surface area contributed by atoms with Gasteiger partial charge in [-0.05, 0) is 87.0 Å². The molecule has 0 bridgehead atoms. The number of aliphatic hydroxyl groups excluding tert-OH is 1. The summed E-state index contributed by atoms with van der Waals surface area (Å²) in [5.74, 6) is 0.174. The number of amides is 4. The summed E-state index contributed by atoms with van der Waals surface area (Å²) in [4.78, 5) is 62.8. The molecular formula is C46H59ClN6O10. The molecule has 0 aliphatic carbocycles. The van der Waals surface area contributed by atoms with Crippen LogP contribution in [0.4, 0.5) is 21.0 Å². The third-order valence-electron chi connectivity index (χ3n) is 9.53. The van der Waals surface area contributed by atoms with Gasteiger partial charge in [-0.2, -0.15) is 0 Å².